The zero-order valence-corrected chi connectivity index (χ0v) is 18.1. The van der Waals surface area contributed by atoms with Crippen molar-refractivity contribution in [2.45, 2.75) is 20.3 Å². The minimum absolute atomic E-state index is 0.125. The predicted octanol–water partition coefficient (Wildman–Crippen LogP) is 2.27. The smallest absolute Gasteiger partial charge is 0.258 e. The predicted molar refractivity (Wildman–Crippen MR) is 119 cm³/mol. The van der Waals surface area contributed by atoms with Crippen molar-refractivity contribution in [3.63, 3.8) is 0 Å². The highest BCUT2D eigenvalue weighted by Crippen LogP contribution is 2.21. The maximum absolute atomic E-state index is 12.9. The molecule has 156 valence electrons. The average molecular weight is 406 g/mol. The lowest BCUT2D eigenvalue weighted by molar-refractivity contribution is 0.416. The van der Waals surface area contributed by atoms with E-state index in [0.29, 0.717) is 17.0 Å². The van der Waals surface area contributed by atoms with Crippen molar-refractivity contribution >= 4 is 16.9 Å². The van der Waals surface area contributed by atoms with Crippen LogP contribution in [-0.4, -0.2) is 63.1 Å². The molecule has 0 bridgehead atoms. The maximum Gasteiger partial charge on any atom is 0.258 e. The molecule has 4 heterocycles. The summed E-state index contributed by atoms with van der Waals surface area (Å²) in [6.45, 7) is 5.83. The number of hydrogen-bond donors (Lipinski definition) is 0. The van der Waals surface area contributed by atoms with Crippen molar-refractivity contribution in [1.82, 2.24) is 28.9 Å². The van der Waals surface area contributed by atoms with E-state index in [-0.39, 0.29) is 5.56 Å². The summed E-state index contributed by atoms with van der Waals surface area (Å²) < 4.78 is 3.41. The topological polar surface area (TPSA) is 71.0 Å². The van der Waals surface area contributed by atoms with Gasteiger partial charge in [-0.15, -0.1) is 0 Å². The molecule has 30 heavy (non-hydrogen) atoms. The molecule has 0 aliphatic carbocycles. The fourth-order valence-electron chi connectivity index (χ4n) is 3.50. The van der Waals surface area contributed by atoms with Crippen molar-refractivity contribution < 1.29 is 0 Å². The number of aromatic nitrogens is 5. The first-order chi connectivity index (χ1) is 14.4. The van der Waals surface area contributed by atoms with Gasteiger partial charge in [-0.25, -0.2) is 9.50 Å². The molecule has 0 amide bonds. The summed E-state index contributed by atoms with van der Waals surface area (Å²) in [5.41, 5.74) is 5.52. The van der Waals surface area contributed by atoms with E-state index in [1.165, 1.54) is 0 Å². The van der Waals surface area contributed by atoms with E-state index in [2.05, 4.69) is 26.8 Å². The third kappa shape index (κ3) is 3.78. The van der Waals surface area contributed by atoms with Gasteiger partial charge in [-0.3, -0.25) is 14.2 Å². The van der Waals surface area contributed by atoms with Crippen molar-refractivity contribution in [2.75, 3.05) is 39.1 Å². The van der Waals surface area contributed by atoms with Gasteiger partial charge in [0.05, 0.1) is 34.5 Å². The summed E-state index contributed by atoms with van der Waals surface area (Å²) >= 11 is 0. The Morgan fingerprint density at radius 3 is 2.53 bits per heavy atom. The number of likely N-dealkylation sites (N-methyl/N-ethyl adjacent to an activating group) is 2. The lowest BCUT2D eigenvalue weighted by Gasteiger charge is -2.21. The van der Waals surface area contributed by atoms with Crippen LogP contribution in [0.3, 0.4) is 0 Å². The quantitative estimate of drug-likeness (QED) is 0.490. The van der Waals surface area contributed by atoms with Crippen LogP contribution in [0.4, 0.5) is 5.69 Å². The SMILES string of the molecule is CCc1nc(C)cn2nc(-c3cc(=O)n4cc(N(C)CCN(C)C)ccc4n3)cc12. The highest BCUT2D eigenvalue weighted by molar-refractivity contribution is 5.66. The molecule has 0 unspecified atom stereocenters. The van der Waals surface area contributed by atoms with Crippen LogP contribution >= 0.6 is 0 Å². The largest absolute Gasteiger partial charge is 0.372 e. The molecule has 0 fully saturated rings. The second-order valence-electron chi connectivity index (χ2n) is 7.86. The molecule has 0 spiro atoms. The molecule has 0 aliphatic heterocycles. The minimum Gasteiger partial charge on any atom is -0.372 e. The van der Waals surface area contributed by atoms with E-state index in [4.69, 9.17) is 4.98 Å². The molecule has 0 aliphatic rings. The van der Waals surface area contributed by atoms with Crippen molar-refractivity contribution in [1.29, 1.82) is 0 Å². The van der Waals surface area contributed by atoms with E-state index < -0.39 is 0 Å². The Morgan fingerprint density at radius 2 is 1.80 bits per heavy atom. The molecule has 8 heteroatoms. The highest BCUT2D eigenvalue weighted by atomic mass is 16.1. The van der Waals surface area contributed by atoms with E-state index in [1.807, 2.05) is 63.2 Å². The average Bonchev–Trinajstić information content (AvgIpc) is 3.15. The normalized spacial score (nSPS) is 11.7. The van der Waals surface area contributed by atoms with Gasteiger partial charge in [0.15, 0.2) is 0 Å². The Labute approximate surface area is 175 Å². The van der Waals surface area contributed by atoms with Gasteiger partial charge in [0, 0.05) is 32.4 Å². The van der Waals surface area contributed by atoms with Crippen LogP contribution in [0.2, 0.25) is 0 Å². The van der Waals surface area contributed by atoms with Crippen LogP contribution in [0.1, 0.15) is 18.3 Å². The van der Waals surface area contributed by atoms with Gasteiger partial charge >= 0.3 is 0 Å². The first kappa shape index (κ1) is 20.0. The third-order valence-electron chi connectivity index (χ3n) is 5.22. The summed E-state index contributed by atoms with van der Waals surface area (Å²) in [7, 11) is 6.12. The van der Waals surface area contributed by atoms with E-state index in [1.54, 1.807) is 10.5 Å². The first-order valence-electron chi connectivity index (χ1n) is 10.1. The minimum atomic E-state index is -0.125. The van der Waals surface area contributed by atoms with Gasteiger partial charge in [-0.2, -0.15) is 5.10 Å². The van der Waals surface area contributed by atoms with Gasteiger partial charge in [0.25, 0.3) is 5.56 Å². The number of anilines is 1. The van der Waals surface area contributed by atoms with Crippen LogP contribution in [-0.2, 0) is 6.42 Å². The van der Waals surface area contributed by atoms with Gasteiger partial charge in [0.2, 0.25) is 0 Å². The molecule has 4 rings (SSSR count). The number of hydrogen-bond acceptors (Lipinski definition) is 6. The molecule has 0 atom stereocenters. The molecule has 0 saturated carbocycles. The number of fused-ring (bicyclic) bond motifs is 2. The Hall–Kier alpha value is -3.26. The molecule has 0 radical (unpaired) electrons. The van der Waals surface area contributed by atoms with Crippen molar-refractivity contribution in [3.8, 4) is 11.4 Å². The van der Waals surface area contributed by atoms with E-state index in [0.717, 1.165) is 42.1 Å². The fourth-order valence-corrected chi connectivity index (χ4v) is 3.50. The zero-order valence-electron chi connectivity index (χ0n) is 18.1. The van der Waals surface area contributed by atoms with Crippen LogP contribution < -0.4 is 10.5 Å². The van der Waals surface area contributed by atoms with Crippen LogP contribution in [0.25, 0.3) is 22.6 Å². The first-order valence-corrected chi connectivity index (χ1v) is 10.1. The number of aryl methyl sites for hydroxylation is 2. The van der Waals surface area contributed by atoms with E-state index in [9.17, 15) is 4.79 Å². The molecular weight excluding hydrogens is 378 g/mol. The molecule has 0 aromatic carbocycles. The Kier molecular flexibility index (Phi) is 5.26. The van der Waals surface area contributed by atoms with Crippen molar-refractivity contribution in [3.05, 3.63) is 58.4 Å². The molecular formula is C22H27N7O. The summed E-state index contributed by atoms with van der Waals surface area (Å²) in [6, 6.07) is 7.37. The Morgan fingerprint density at radius 1 is 1.00 bits per heavy atom. The van der Waals surface area contributed by atoms with Crippen LogP contribution in [0.5, 0.6) is 0 Å². The zero-order chi connectivity index (χ0) is 21.4. The maximum atomic E-state index is 12.9. The van der Waals surface area contributed by atoms with Gasteiger partial charge in [-0.1, -0.05) is 6.92 Å². The summed E-state index contributed by atoms with van der Waals surface area (Å²) in [5.74, 6) is 0. The molecule has 4 aromatic heterocycles. The molecule has 8 nitrogen and oxygen atoms in total. The lowest BCUT2D eigenvalue weighted by atomic mass is 10.2. The second-order valence-corrected chi connectivity index (χ2v) is 7.86. The van der Waals surface area contributed by atoms with E-state index >= 15 is 0 Å². The summed E-state index contributed by atoms with van der Waals surface area (Å²) in [4.78, 5) is 26.4. The van der Waals surface area contributed by atoms with Gasteiger partial charge in [-0.05, 0) is 45.6 Å². The number of rotatable bonds is 6. The Bertz CT molecular complexity index is 1270. The van der Waals surface area contributed by atoms with Gasteiger partial charge < -0.3 is 9.80 Å². The van der Waals surface area contributed by atoms with Gasteiger partial charge in [0.1, 0.15) is 11.3 Å². The third-order valence-corrected chi connectivity index (χ3v) is 5.22. The number of nitrogens with zero attached hydrogens (tertiary/aromatic N) is 7. The Balaban J connectivity index is 1.74. The fraction of sp³-hybridized carbons (Fsp3) is 0.364. The monoisotopic (exact) mass is 405 g/mol. The summed E-state index contributed by atoms with van der Waals surface area (Å²) in [5, 5.41) is 4.64. The summed E-state index contributed by atoms with van der Waals surface area (Å²) in [6.07, 6.45) is 4.55. The second kappa shape index (κ2) is 7.87. The van der Waals surface area contributed by atoms with Crippen LogP contribution in [0, 0.1) is 6.92 Å². The molecule has 0 saturated heterocycles. The highest BCUT2D eigenvalue weighted by Gasteiger charge is 2.13. The van der Waals surface area contributed by atoms with Crippen molar-refractivity contribution in [2.24, 2.45) is 0 Å². The van der Waals surface area contributed by atoms with Crippen LogP contribution in [0.15, 0.2) is 41.5 Å². The lowest BCUT2D eigenvalue weighted by Crippen LogP contribution is -2.29. The standard InChI is InChI=1S/C22H27N7O/c1-6-17-20-11-19(25-29(20)13-15(2)23-17)18-12-22(30)28-14-16(7-8-21(28)24-18)27(5)10-9-26(3)4/h7-8,11-14H,6,9-10H2,1-5H3. The molecule has 4 aromatic rings. The number of pyridine rings is 1. The molecule has 0 N–H and O–H groups in total.